The van der Waals surface area contributed by atoms with E-state index in [1.54, 1.807) is 22.7 Å². The van der Waals surface area contributed by atoms with Gasteiger partial charge < -0.3 is 9.32 Å². The van der Waals surface area contributed by atoms with E-state index >= 15 is 0 Å². The molecule has 1 aliphatic rings. The van der Waals surface area contributed by atoms with Gasteiger partial charge in [-0.2, -0.15) is 0 Å². The number of aromatic nitrogens is 2. The fraction of sp³-hybridized carbons (Fsp3) is 0.286. The van der Waals surface area contributed by atoms with E-state index in [2.05, 4.69) is 11.1 Å². The number of carbonyl (C=O) groups is 1. The van der Waals surface area contributed by atoms with Crippen molar-refractivity contribution in [3.8, 4) is 10.8 Å². The first-order valence-corrected chi connectivity index (χ1v) is 11.0. The molecule has 0 spiro atoms. The zero-order chi connectivity index (χ0) is 19.1. The molecule has 1 unspecified atom stereocenters. The smallest absolute Gasteiger partial charge is 0.236 e. The van der Waals surface area contributed by atoms with Crippen molar-refractivity contribution in [1.82, 2.24) is 14.9 Å². The monoisotopic (exact) mass is 409 g/mol. The molecule has 0 radical (unpaired) electrons. The van der Waals surface area contributed by atoms with Gasteiger partial charge in [0.2, 0.25) is 11.8 Å². The SMILES string of the molecule is Cc1oc(-c2cccs2)nc1CC(=O)N1CCCC1c1nc2ccccc2s1. The summed E-state index contributed by atoms with van der Waals surface area (Å²) in [7, 11) is 0. The lowest BCUT2D eigenvalue weighted by molar-refractivity contribution is -0.131. The average molecular weight is 410 g/mol. The summed E-state index contributed by atoms with van der Waals surface area (Å²) in [4.78, 5) is 25.4. The topological polar surface area (TPSA) is 59.2 Å². The molecule has 1 fully saturated rings. The number of aryl methyl sites for hydroxylation is 1. The molecule has 1 atom stereocenters. The van der Waals surface area contributed by atoms with Crippen LogP contribution >= 0.6 is 22.7 Å². The molecule has 28 heavy (non-hydrogen) atoms. The lowest BCUT2D eigenvalue weighted by Gasteiger charge is -2.22. The van der Waals surface area contributed by atoms with E-state index in [1.165, 1.54) is 4.70 Å². The van der Waals surface area contributed by atoms with Crippen LogP contribution in [-0.2, 0) is 11.2 Å². The number of amides is 1. The fourth-order valence-electron chi connectivity index (χ4n) is 3.70. The average Bonchev–Trinajstić information content (AvgIpc) is 3.47. The van der Waals surface area contributed by atoms with Gasteiger partial charge in [0.05, 0.1) is 33.3 Å². The number of thiazole rings is 1. The van der Waals surface area contributed by atoms with Crippen molar-refractivity contribution in [3.05, 3.63) is 58.2 Å². The molecule has 5 rings (SSSR count). The van der Waals surface area contributed by atoms with E-state index < -0.39 is 0 Å². The van der Waals surface area contributed by atoms with Crippen LogP contribution in [0.25, 0.3) is 21.0 Å². The first kappa shape index (κ1) is 17.6. The summed E-state index contributed by atoms with van der Waals surface area (Å²) in [5.74, 6) is 1.41. The summed E-state index contributed by atoms with van der Waals surface area (Å²) in [5.41, 5.74) is 1.73. The number of carbonyl (C=O) groups excluding carboxylic acids is 1. The van der Waals surface area contributed by atoms with Gasteiger partial charge in [-0.3, -0.25) is 4.79 Å². The highest BCUT2D eigenvalue weighted by molar-refractivity contribution is 7.18. The highest BCUT2D eigenvalue weighted by atomic mass is 32.1. The number of hydrogen-bond acceptors (Lipinski definition) is 6. The predicted molar refractivity (Wildman–Crippen MR) is 112 cm³/mol. The van der Waals surface area contributed by atoms with Crippen LogP contribution in [0.5, 0.6) is 0 Å². The zero-order valence-corrected chi connectivity index (χ0v) is 17.1. The van der Waals surface area contributed by atoms with Crippen molar-refractivity contribution >= 4 is 38.8 Å². The Kier molecular flexibility index (Phi) is 4.49. The van der Waals surface area contributed by atoms with Crippen LogP contribution in [0.4, 0.5) is 0 Å². The van der Waals surface area contributed by atoms with Gasteiger partial charge in [-0.25, -0.2) is 9.97 Å². The number of para-hydroxylation sites is 1. The van der Waals surface area contributed by atoms with Crippen molar-refractivity contribution in [3.63, 3.8) is 0 Å². The van der Waals surface area contributed by atoms with E-state index in [1.807, 2.05) is 47.5 Å². The Morgan fingerprint density at radius 3 is 2.96 bits per heavy atom. The van der Waals surface area contributed by atoms with Crippen LogP contribution in [0.15, 0.2) is 46.2 Å². The molecule has 142 valence electrons. The van der Waals surface area contributed by atoms with Crippen LogP contribution in [0.2, 0.25) is 0 Å². The van der Waals surface area contributed by atoms with Gasteiger partial charge in [-0.05, 0) is 43.3 Å². The Hall–Kier alpha value is -2.51. The zero-order valence-electron chi connectivity index (χ0n) is 15.4. The summed E-state index contributed by atoms with van der Waals surface area (Å²) in [6, 6.07) is 12.2. The number of hydrogen-bond donors (Lipinski definition) is 0. The molecule has 0 saturated carbocycles. The molecule has 1 amide bonds. The summed E-state index contributed by atoms with van der Waals surface area (Å²) in [6.45, 7) is 2.65. The van der Waals surface area contributed by atoms with Crippen LogP contribution in [0.1, 0.15) is 35.3 Å². The van der Waals surface area contributed by atoms with Gasteiger partial charge in [0, 0.05) is 6.54 Å². The van der Waals surface area contributed by atoms with Gasteiger partial charge in [-0.1, -0.05) is 18.2 Å². The largest absolute Gasteiger partial charge is 0.440 e. The van der Waals surface area contributed by atoms with Crippen LogP contribution in [0, 0.1) is 6.92 Å². The first-order valence-electron chi connectivity index (χ1n) is 9.34. The molecule has 0 N–H and O–H groups in total. The Labute approximate surface area is 170 Å². The molecule has 4 heterocycles. The van der Waals surface area contributed by atoms with Crippen molar-refractivity contribution in [2.75, 3.05) is 6.54 Å². The number of thiophene rings is 1. The molecular weight excluding hydrogens is 390 g/mol. The third-order valence-electron chi connectivity index (χ3n) is 5.11. The first-order chi connectivity index (χ1) is 13.7. The predicted octanol–water partition coefficient (Wildman–Crippen LogP) is 5.23. The quantitative estimate of drug-likeness (QED) is 0.463. The van der Waals surface area contributed by atoms with Gasteiger partial charge in [0.15, 0.2) is 0 Å². The minimum absolute atomic E-state index is 0.0638. The second-order valence-electron chi connectivity index (χ2n) is 6.94. The summed E-state index contributed by atoms with van der Waals surface area (Å²) in [5, 5.41) is 3.02. The number of likely N-dealkylation sites (tertiary alicyclic amines) is 1. The molecule has 1 saturated heterocycles. The Morgan fingerprint density at radius 2 is 2.14 bits per heavy atom. The van der Waals surface area contributed by atoms with E-state index in [9.17, 15) is 4.79 Å². The van der Waals surface area contributed by atoms with Crippen molar-refractivity contribution < 1.29 is 9.21 Å². The standard InChI is InChI=1S/C21H19N3O2S2/c1-13-15(22-20(26-13)18-9-5-11-27-18)12-19(25)24-10-4-7-16(24)21-23-14-6-2-3-8-17(14)28-21/h2-3,5-6,8-9,11,16H,4,7,10,12H2,1H3. The molecule has 7 heteroatoms. The minimum atomic E-state index is 0.0638. The molecule has 1 aromatic carbocycles. The number of benzene rings is 1. The van der Waals surface area contributed by atoms with Gasteiger partial charge in [-0.15, -0.1) is 22.7 Å². The van der Waals surface area contributed by atoms with Gasteiger partial charge in [0.1, 0.15) is 10.8 Å². The Morgan fingerprint density at radius 1 is 1.25 bits per heavy atom. The fourth-order valence-corrected chi connectivity index (χ4v) is 5.46. The number of oxazole rings is 1. The number of fused-ring (bicyclic) bond motifs is 1. The second-order valence-corrected chi connectivity index (χ2v) is 8.95. The molecule has 1 aliphatic heterocycles. The van der Waals surface area contributed by atoms with E-state index in [4.69, 9.17) is 9.40 Å². The molecule has 5 nitrogen and oxygen atoms in total. The highest BCUT2D eigenvalue weighted by Crippen LogP contribution is 2.37. The van der Waals surface area contributed by atoms with E-state index in [0.29, 0.717) is 11.7 Å². The summed E-state index contributed by atoms with van der Waals surface area (Å²) in [6.07, 6.45) is 2.23. The van der Waals surface area contributed by atoms with E-state index in [-0.39, 0.29) is 18.4 Å². The maximum absolute atomic E-state index is 13.1. The van der Waals surface area contributed by atoms with Crippen LogP contribution in [0.3, 0.4) is 0 Å². The lowest BCUT2D eigenvalue weighted by Crippen LogP contribution is -2.32. The summed E-state index contributed by atoms with van der Waals surface area (Å²) >= 11 is 3.27. The molecule has 0 bridgehead atoms. The summed E-state index contributed by atoms with van der Waals surface area (Å²) < 4.78 is 6.96. The second kappa shape index (κ2) is 7.14. The van der Waals surface area contributed by atoms with Gasteiger partial charge >= 0.3 is 0 Å². The van der Waals surface area contributed by atoms with Crippen molar-refractivity contribution in [1.29, 1.82) is 0 Å². The third kappa shape index (κ3) is 3.14. The third-order valence-corrected chi connectivity index (χ3v) is 7.11. The lowest BCUT2D eigenvalue weighted by atomic mass is 10.2. The number of rotatable bonds is 4. The Bertz CT molecular complexity index is 1100. The van der Waals surface area contributed by atoms with Gasteiger partial charge in [0.25, 0.3) is 0 Å². The maximum Gasteiger partial charge on any atom is 0.236 e. The minimum Gasteiger partial charge on any atom is -0.440 e. The van der Waals surface area contributed by atoms with E-state index in [0.717, 1.165) is 40.5 Å². The van der Waals surface area contributed by atoms with Crippen LogP contribution in [-0.4, -0.2) is 27.3 Å². The molecule has 0 aliphatic carbocycles. The number of nitrogens with zero attached hydrogens (tertiary/aromatic N) is 3. The Balaban J connectivity index is 1.37. The van der Waals surface area contributed by atoms with Crippen LogP contribution < -0.4 is 0 Å². The molecule has 4 aromatic rings. The molecule has 3 aromatic heterocycles. The molecular formula is C21H19N3O2S2. The maximum atomic E-state index is 13.1. The highest BCUT2D eigenvalue weighted by Gasteiger charge is 2.33. The van der Waals surface area contributed by atoms with Crippen molar-refractivity contribution in [2.24, 2.45) is 0 Å². The normalized spacial score (nSPS) is 16.9. The van der Waals surface area contributed by atoms with Crippen molar-refractivity contribution in [2.45, 2.75) is 32.2 Å².